The lowest BCUT2D eigenvalue weighted by atomic mass is 10.3. The molecule has 0 N–H and O–H groups in total. The van der Waals surface area contributed by atoms with E-state index in [1.807, 2.05) is 35.4 Å². The summed E-state index contributed by atoms with van der Waals surface area (Å²) in [6, 6.07) is 14.0. The van der Waals surface area contributed by atoms with Crippen LogP contribution in [0.4, 0.5) is 0 Å². The highest BCUT2D eigenvalue weighted by Crippen LogP contribution is 2.40. The van der Waals surface area contributed by atoms with Crippen molar-refractivity contribution in [2.75, 3.05) is 5.75 Å². The lowest BCUT2D eigenvalue weighted by molar-refractivity contribution is -0.128. The van der Waals surface area contributed by atoms with Crippen molar-refractivity contribution in [2.24, 2.45) is 0 Å². The predicted molar refractivity (Wildman–Crippen MR) is 97.9 cm³/mol. The normalized spacial score (nSPS) is 17.6. The molecule has 3 aromatic rings. The smallest absolute Gasteiger partial charge is 0.234 e. The van der Waals surface area contributed by atoms with E-state index in [4.69, 9.17) is 4.42 Å². The van der Waals surface area contributed by atoms with Gasteiger partial charge in [-0.1, -0.05) is 15.9 Å². The summed E-state index contributed by atoms with van der Waals surface area (Å²) in [7, 11) is 0. The Morgan fingerprint density at radius 2 is 2.04 bits per heavy atom. The maximum absolute atomic E-state index is 12.2. The van der Waals surface area contributed by atoms with Gasteiger partial charge in [0.1, 0.15) is 11.1 Å². The minimum atomic E-state index is 0.0271. The van der Waals surface area contributed by atoms with Crippen LogP contribution in [0.1, 0.15) is 16.7 Å². The largest absolute Gasteiger partial charge is 0.467 e. The van der Waals surface area contributed by atoms with Gasteiger partial charge in [-0.2, -0.15) is 0 Å². The van der Waals surface area contributed by atoms with E-state index in [1.54, 1.807) is 18.0 Å². The molecule has 1 aromatic carbocycles. The standard InChI is InChI=1S/C18H15BrN2O2S/c19-14-3-5-15(6-4-14)20-8-7-13(10-20)18-21(17(22)12-24-18)11-16-2-1-9-23-16/h1-10,18H,11-12H2. The summed E-state index contributed by atoms with van der Waals surface area (Å²) in [4.78, 5) is 14.1. The number of hydrogen-bond donors (Lipinski definition) is 0. The Bertz CT molecular complexity index is 842. The lowest BCUT2D eigenvalue weighted by Gasteiger charge is -2.22. The summed E-state index contributed by atoms with van der Waals surface area (Å²) in [6.07, 6.45) is 5.77. The zero-order valence-electron chi connectivity index (χ0n) is 12.8. The van der Waals surface area contributed by atoms with Gasteiger partial charge in [-0.15, -0.1) is 11.8 Å². The second-order valence-corrected chi connectivity index (χ2v) is 7.58. The van der Waals surface area contributed by atoms with E-state index in [-0.39, 0.29) is 11.3 Å². The zero-order chi connectivity index (χ0) is 16.5. The molecule has 1 aliphatic rings. The van der Waals surface area contributed by atoms with Crippen LogP contribution in [0.5, 0.6) is 0 Å². The number of amides is 1. The van der Waals surface area contributed by atoms with Crippen molar-refractivity contribution in [2.45, 2.75) is 11.9 Å². The number of aromatic nitrogens is 1. The number of halogens is 1. The molecule has 1 aliphatic heterocycles. The summed E-state index contributed by atoms with van der Waals surface area (Å²) < 4.78 is 8.54. The van der Waals surface area contributed by atoms with E-state index >= 15 is 0 Å². The fraction of sp³-hybridized carbons (Fsp3) is 0.167. The first-order valence-corrected chi connectivity index (χ1v) is 9.42. The van der Waals surface area contributed by atoms with Crippen LogP contribution in [0.3, 0.4) is 0 Å². The first-order valence-electron chi connectivity index (χ1n) is 7.58. The van der Waals surface area contributed by atoms with Crippen LogP contribution < -0.4 is 0 Å². The molecule has 6 heteroatoms. The van der Waals surface area contributed by atoms with Crippen molar-refractivity contribution < 1.29 is 9.21 Å². The van der Waals surface area contributed by atoms with Gasteiger partial charge < -0.3 is 13.9 Å². The molecule has 4 nitrogen and oxygen atoms in total. The molecule has 0 radical (unpaired) electrons. The Kier molecular flexibility index (Phi) is 4.24. The Balaban J connectivity index is 1.58. The minimum absolute atomic E-state index is 0.0271. The third-order valence-corrected chi connectivity index (χ3v) is 5.78. The third-order valence-electron chi connectivity index (χ3n) is 4.00. The average molecular weight is 403 g/mol. The molecule has 24 heavy (non-hydrogen) atoms. The molecule has 1 amide bonds. The number of benzene rings is 1. The second kappa shape index (κ2) is 6.53. The maximum Gasteiger partial charge on any atom is 0.234 e. The van der Waals surface area contributed by atoms with Crippen LogP contribution in [0.2, 0.25) is 0 Å². The highest BCUT2D eigenvalue weighted by atomic mass is 79.9. The molecule has 0 saturated carbocycles. The fourth-order valence-corrected chi connectivity index (χ4v) is 4.24. The SMILES string of the molecule is O=C1CSC(c2ccn(-c3ccc(Br)cc3)c2)N1Cc1ccco1. The highest BCUT2D eigenvalue weighted by molar-refractivity contribution is 9.10. The van der Waals surface area contributed by atoms with Crippen molar-refractivity contribution in [1.29, 1.82) is 0 Å². The molecule has 1 fully saturated rings. The molecule has 0 aliphatic carbocycles. The molecule has 2 aromatic heterocycles. The minimum Gasteiger partial charge on any atom is -0.467 e. The molecular weight excluding hydrogens is 388 g/mol. The fourth-order valence-electron chi connectivity index (χ4n) is 2.80. The molecule has 1 atom stereocenters. The Hall–Kier alpha value is -1.92. The van der Waals surface area contributed by atoms with E-state index in [0.29, 0.717) is 12.3 Å². The number of hydrogen-bond acceptors (Lipinski definition) is 3. The monoisotopic (exact) mass is 402 g/mol. The third kappa shape index (κ3) is 3.03. The van der Waals surface area contributed by atoms with Gasteiger partial charge in [0.05, 0.1) is 18.6 Å². The molecule has 4 rings (SSSR count). The van der Waals surface area contributed by atoms with E-state index in [1.165, 1.54) is 0 Å². The Morgan fingerprint density at radius 1 is 1.21 bits per heavy atom. The van der Waals surface area contributed by atoms with Crippen molar-refractivity contribution in [3.05, 3.63) is 76.9 Å². The van der Waals surface area contributed by atoms with Crippen LogP contribution in [0.15, 0.2) is 70.0 Å². The summed E-state index contributed by atoms with van der Waals surface area (Å²) in [6.45, 7) is 0.507. The van der Waals surface area contributed by atoms with Gasteiger partial charge in [-0.05, 0) is 42.5 Å². The van der Waals surface area contributed by atoms with Gasteiger partial charge in [-0.25, -0.2) is 0 Å². The molecular formula is C18H15BrN2O2S. The maximum atomic E-state index is 12.2. The number of nitrogens with zero attached hydrogens (tertiary/aromatic N) is 2. The summed E-state index contributed by atoms with van der Waals surface area (Å²) in [5.41, 5.74) is 2.22. The van der Waals surface area contributed by atoms with E-state index < -0.39 is 0 Å². The topological polar surface area (TPSA) is 38.4 Å². The Morgan fingerprint density at radius 3 is 2.79 bits per heavy atom. The Labute approximate surface area is 152 Å². The summed E-state index contributed by atoms with van der Waals surface area (Å²) >= 11 is 5.11. The van der Waals surface area contributed by atoms with Crippen molar-refractivity contribution in [3.63, 3.8) is 0 Å². The van der Waals surface area contributed by atoms with Crippen molar-refractivity contribution >= 4 is 33.6 Å². The van der Waals surface area contributed by atoms with Gasteiger partial charge >= 0.3 is 0 Å². The van der Waals surface area contributed by atoms with Crippen LogP contribution >= 0.6 is 27.7 Å². The molecule has 1 unspecified atom stereocenters. The van der Waals surface area contributed by atoms with Gasteiger partial charge in [0, 0.05) is 28.1 Å². The molecule has 1 saturated heterocycles. The van der Waals surface area contributed by atoms with Crippen LogP contribution in [0.25, 0.3) is 5.69 Å². The predicted octanol–water partition coefficient (Wildman–Crippen LogP) is 4.61. The number of carbonyl (C=O) groups excluding carboxylic acids is 1. The van der Waals surface area contributed by atoms with E-state index in [0.717, 1.165) is 21.5 Å². The number of rotatable bonds is 4. The quantitative estimate of drug-likeness (QED) is 0.639. The number of thioether (sulfide) groups is 1. The van der Waals surface area contributed by atoms with Crippen LogP contribution in [-0.2, 0) is 11.3 Å². The summed E-state index contributed by atoms with van der Waals surface area (Å²) in [5, 5.41) is 0.0271. The van der Waals surface area contributed by atoms with Gasteiger partial charge in [0.25, 0.3) is 0 Å². The first kappa shape index (κ1) is 15.6. The highest BCUT2D eigenvalue weighted by Gasteiger charge is 2.33. The van der Waals surface area contributed by atoms with Gasteiger partial charge in [-0.3, -0.25) is 4.79 Å². The van der Waals surface area contributed by atoms with Gasteiger partial charge in [0.2, 0.25) is 5.91 Å². The second-order valence-electron chi connectivity index (χ2n) is 5.59. The van der Waals surface area contributed by atoms with Gasteiger partial charge in [0.15, 0.2) is 0 Å². The zero-order valence-corrected chi connectivity index (χ0v) is 15.2. The first-order chi connectivity index (χ1) is 11.7. The number of furan rings is 1. The van der Waals surface area contributed by atoms with Crippen molar-refractivity contribution in [3.8, 4) is 5.69 Å². The van der Waals surface area contributed by atoms with E-state index in [2.05, 4.69) is 44.9 Å². The lowest BCUT2D eigenvalue weighted by Crippen LogP contribution is -2.27. The summed E-state index contributed by atoms with van der Waals surface area (Å²) in [5.74, 6) is 1.47. The van der Waals surface area contributed by atoms with E-state index in [9.17, 15) is 4.79 Å². The van der Waals surface area contributed by atoms with Crippen LogP contribution in [-0.4, -0.2) is 21.1 Å². The van der Waals surface area contributed by atoms with Crippen LogP contribution in [0, 0.1) is 0 Å². The molecule has 122 valence electrons. The molecule has 0 bridgehead atoms. The molecule has 0 spiro atoms. The molecule has 3 heterocycles. The average Bonchev–Trinajstić information content (AvgIpc) is 3.31. The number of carbonyl (C=O) groups is 1. The van der Waals surface area contributed by atoms with Crippen molar-refractivity contribution in [1.82, 2.24) is 9.47 Å².